The highest BCUT2D eigenvalue weighted by Gasteiger charge is 2.24. The van der Waals surface area contributed by atoms with Crippen molar-refractivity contribution in [2.24, 2.45) is 0 Å². The summed E-state index contributed by atoms with van der Waals surface area (Å²) in [6.07, 6.45) is 16.1. The van der Waals surface area contributed by atoms with E-state index in [1.807, 2.05) is 24.9 Å². The second-order valence-electron chi connectivity index (χ2n) is 9.71. The van der Waals surface area contributed by atoms with Crippen LogP contribution in [0.4, 0.5) is 4.79 Å². The maximum absolute atomic E-state index is 12.8. The number of methoxy groups -OCH3 is 1. The molecule has 0 fully saturated rings. The van der Waals surface area contributed by atoms with Crippen molar-refractivity contribution in [1.82, 2.24) is 19.4 Å². The molecule has 0 saturated heterocycles. The number of fused-ring (bicyclic) bond motifs is 1. The van der Waals surface area contributed by atoms with Gasteiger partial charge in [0, 0.05) is 51.1 Å². The lowest BCUT2D eigenvalue weighted by atomic mass is 9.87. The quantitative estimate of drug-likeness (QED) is 0.190. The molecule has 2 aromatic heterocycles. The molecule has 6 heteroatoms. The number of carbonyl (C=O) groups is 1. The molecule has 2 aromatic carbocycles. The van der Waals surface area contributed by atoms with Crippen LogP contribution in [0.5, 0.6) is 0 Å². The van der Waals surface area contributed by atoms with Crippen molar-refractivity contribution >= 4 is 16.8 Å². The number of aryl methyl sites for hydroxylation is 1. The van der Waals surface area contributed by atoms with Gasteiger partial charge in [0.15, 0.2) is 0 Å². The van der Waals surface area contributed by atoms with Crippen LogP contribution in [0.25, 0.3) is 10.8 Å². The molecule has 0 saturated carbocycles. The van der Waals surface area contributed by atoms with Crippen molar-refractivity contribution in [3.05, 3.63) is 90.3 Å². The summed E-state index contributed by atoms with van der Waals surface area (Å²) in [6.45, 7) is 4.41. The average Bonchev–Trinajstić information content (AvgIpc) is 3.60. The van der Waals surface area contributed by atoms with Gasteiger partial charge in [-0.1, -0.05) is 81.5 Å². The Balaban J connectivity index is 1.62. The van der Waals surface area contributed by atoms with E-state index in [-0.39, 0.29) is 11.9 Å². The Bertz CT molecular complexity index is 1250. The first-order chi connectivity index (χ1) is 18.2. The molecule has 4 rings (SSSR count). The molecule has 4 aromatic rings. The topological polar surface area (TPSA) is 61.1 Å². The Labute approximate surface area is 220 Å². The Hall–Kier alpha value is -3.38. The van der Waals surface area contributed by atoms with Crippen LogP contribution < -0.4 is 5.32 Å². The predicted octanol–water partition coefficient (Wildman–Crippen LogP) is 6.97. The average molecular weight is 501 g/mol. The number of carbonyl (C=O) groups excluding carboxylic acids is 1. The van der Waals surface area contributed by atoms with E-state index >= 15 is 0 Å². The second kappa shape index (κ2) is 13.8. The van der Waals surface area contributed by atoms with Crippen molar-refractivity contribution in [1.29, 1.82) is 0 Å². The number of unbranched alkanes of at least 4 members (excludes halogenated alkanes) is 5. The molecule has 37 heavy (non-hydrogen) atoms. The smallest absolute Gasteiger partial charge is 0.325 e. The maximum Gasteiger partial charge on any atom is 0.325 e. The van der Waals surface area contributed by atoms with E-state index in [1.54, 1.807) is 11.7 Å². The number of hydrogen-bond donors (Lipinski definition) is 1. The summed E-state index contributed by atoms with van der Waals surface area (Å²) >= 11 is 0. The summed E-state index contributed by atoms with van der Waals surface area (Å²) in [5.41, 5.74) is 3.46. The minimum Gasteiger partial charge on any atom is -0.385 e. The maximum atomic E-state index is 12.8. The van der Waals surface area contributed by atoms with E-state index in [0.29, 0.717) is 13.2 Å². The fourth-order valence-electron chi connectivity index (χ4n) is 5.05. The van der Waals surface area contributed by atoms with E-state index in [0.717, 1.165) is 30.6 Å². The van der Waals surface area contributed by atoms with Crippen LogP contribution in [-0.4, -0.2) is 40.4 Å². The number of nitrogens with zero attached hydrogens (tertiary/aromatic N) is 3. The molecule has 0 bridgehead atoms. The fourth-order valence-corrected chi connectivity index (χ4v) is 5.05. The Morgan fingerprint density at radius 2 is 1.81 bits per heavy atom. The molecule has 0 aliphatic rings. The van der Waals surface area contributed by atoms with Crippen LogP contribution in [0, 0.1) is 0 Å². The van der Waals surface area contributed by atoms with Crippen LogP contribution in [0.15, 0.2) is 73.4 Å². The van der Waals surface area contributed by atoms with Gasteiger partial charge in [0.05, 0.1) is 12.2 Å². The highest BCUT2D eigenvalue weighted by Crippen LogP contribution is 2.36. The van der Waals surface area contributed by atoms with E-state index in [9.17, 15) is 4.79 Å². The number of amides is 1. The van der Waals surface area contributed by atoms with Gasteiger partial charge in [0.2, 0.25) is 0 Å². The zero-order chi connectivity index (χ0) is 25.9. The standard InChI is InChI=1S/C31H40N4O2/c1-3-4-5-6-7-10-19-35-24-32-22-29(35)30(28-16-11-14-25-13-8-9-15-27(25)28)26-17-20-34(23-26)31(36)33-18-12-21-37-2/h8-9,11,13-17,20,22-24,30H,3-7,10,12,18-19,21H2,1-2H3,(H,33,36). The van der Waals surface area contributed by atoms with Crippen LogP contribution in [0.1, 0.15) is 74.6 Å². The Morgan fingerprint density at radius 3 is 2.68 bits per heavy atom. The number of aromatic nitrogens is 3. The van der Waals surface area contributed by atoms with Crippen molar-refractivity contribution in [3.8, 4) is 0 Å². The number of imidazole rings is 1. The summed E-state index contributed by atoms with van der Waals surface area (Å²) in [5.74, 6) is -0.0313. The molecule has 1 amide bonds. The zero-order valence-corrected chi connectivity index (χ0v) is 22.2. The van der Waals surface area contributed by atoms with Crippen molar-refractivity contribution in [2.45, 2.75) is 64.3 Å². The summed E-state index contributed by atoms with van der Waals surface area (Å²) in [4.78, 5) is 17.4. The third-order valence-corrected chi connectivity index (χ3v) is 7.01. The molecule has 1 atom stereocenters. The van der Waals surface area contributed by atoms with Gasteiger partial charge in [-0.15, -0.1) is 0 Å². The third-order valence-electron chi connectivity index (χ3n) is 7.01. The minimum absolute atomic E-state index is 0.0313. The first-order valence-electron chi connectivity index (χ1n) is 13.7. The van der Waals surface area contributed by atoms with E-state index in [2.05, 4.69) is 70.3 Å². The lowest BCUT2D eigenvalue weighted by molar-refractivity contribution is 0.193. The van der Waals surface area contributed by atoms with Gasteiger partial charge in [-0.3, -0.25) is 4.57 Å². The normalized spacial score (nSPS) is 12.2. The number of ether oxygens (including phenoxy) is 1. The van der Waals surface area contributed by atoms with Crippen LogP contribution >= 0.6 is 0 Å². The molecule has 2 heterocycles. The molecule has 0 aliphatic heterocycles. The first kappa shape index (κ1) is 26.7. The first-order valence-corrected chi connectivity index (χ1v) is 13.7. The highest BCUT2D eigenvalue weighted by atomic mass is 16.5. The summed E-state index contributed by atoms with van der Waals surface area (Å²) in [7, 11) is 1.67. The zero-order valence-electron chi connectivity index (χ0n) is 22.2. The number of nitrogens with one attached hydrogen (secondary N) is 1. The fraction of sp³-hybridized carbons (Fsp3) is 0.419. The van der Waals surface area contributed by atoms with E-state index in [1.165, 1.54) is 48.4 Å². The molecule has 0 aliphatic carbocycles. The summed E-state index contributed by atoms with van der Waals surface area (Å²) in [6, 6.07) is 16.9. The van der Waals surface area contributed by atoms with Gasteiger partial charge in [-0.05, 0) is 40.8 Å². The van der Waals surface area contributed by atoms with Gasteiger partial charge < -0.3 is 14.6 Å². The molecule has 6 nitrogen and oxygen atoms in total. The molecular weight excluding hydrogens is 460 g/mol. The molecule has 0 spiro atoms. The molecule has 1 N–H and O–H groups in total. The van der Waals surface area contributed by atoms with Crippen LogP contribution in [0.2, 0.25) is 0 Å². The number of benzene rings is 2. The third kappa shape index (κ3) is 6.89. The largest absolute Gasteiger partial charge is 0.385 e. The Kier molecular flexibility index (Phi) is 9.95. The molecule has 1 unspecified atom stereocenters. The summed E-state index contributed by atoms with van der Waals surface area (Å²) in [5, 5.41) is 5.41. The summed E-state index contributed by atoms with van der Waals surface area (Å²) < 4.78 is 9.04. The predicted molar refractivity (Wildman–Crippen MR) is 150 cm³/mol. The van der Waals surface area contributed by atoms with Crippen LogP contribution in [-0.2, 0) is 11.3 Å². The van der Waals surface area contributed by atoms with E-state index in [4.69, 9.17) is 4.74 Å². The van der Waals surface area contributed by atoms with Crippen molar-refractivity contribution in [3.63, 3.8) is 0 Å². The molecule has 196 valence electrons. The van der Waals surface area contributed by atoms with Gasteiger partial charge in [-0.2, -0.15) is 0 Å². The van der Waals surface area contributed by atoms with Gasteiger partial charge in [0.25, 0.3) is 0 Å². The monoisotopic (exact) mass is 500 g/mol. The number of rotatable bonds is 14. The second-order valence-corrected chi connectivity index (χ2v) is 9.71. The SMILES string of the molecule is CCCCCCCCn1cncc1C(c1ccn(C(=O)NCCCOC)c1)c1cccc2ccccc12. The van der Waals surface area contributed by atoms with Crippen molar-refractivity contribution in [2.75, 3.05) is 20.3 Å². The highest BCUT2D eigenvalue weighted by molar-refractivity contribution is 5.87. The number of hydrogen-bond acceptors (Lipinski definition) is 3. The molecule has 0 radical (unpaired) electrons. The van der Waals surface area contributed by atoms with Gasteiger partial charge in [-0.25, -0.2) is 9.78 Å². The van der Waals surface area contributed by atoms with Gasteiger partial charge >= 0.3 is 6.03 Å². The molecular formula is C31H40N4O2. The lowest BCUT2D eigenvalue weighted by Gasteiger charge is -2.21. The van der Waals surface area contributed by atoms with E-state index < -0.39 is 0 Å². The van der Waals surface area contributed by atoms with Crippen LogP contribution in [0.3, 0.4) is 0 Å². The Morgan fingerprint density at radius 1 is 1.00 bits per heavy atom. The van der Waals surface area contributed by atoms with Crippen molar-refractivity contribution < 1.29 is 9.53 Å². The van der Waals surface area contributed by atoms with Gasteiger partial charge in [0.1, 0.15) is 0 Å². The minimum atomic E-state index is -0.125. The lowest BCUT2D eigenvalue weighted by Crippen LogP contribution is -2.29.